The number of aliphatic carboxylic acids is 2. The molecule has 0 amide bonds. The number of nitrogens with zero attached hydrogens (tertiary/aromatic N) is 4. The van der Waals surface area contributed by atoms with Gasteiger partial charge in [0.05, 0.1) is 58.9 Å². The van der Waals surface area contributed by atoms with Crippen LogP contribution in [0.5, 0.6) is 11.5 Å². The first kappa shape index (κ1) is 52.7. The first-order valence-electron chi connectivity index (χ1n) is 23.7. The predicted octanol–water partition coefficient (Wildman–Crippen LogP) is 3.59. The Bertz CT molecular complexity index is 2530. The summed E-state index contributed by atoms with van der Waals surface area (Å²) in [4.78, 5) is 58.6. The molecule has 2 aliphatic rings. The van der Waals surface area contributed by atoms with Gasteiger partial charge in [-0.3, -0.25) is 18.7 Å². The van der Waals surface area contributed by atoms with E-state index in [0.717, 1.165) is 74.4 Å². The van der Waals surface area contributed by atoms with E-state index in [4.69, 9.17) is 28.9 Å². The second kappa shape index (κ2) is 26.3. The molecule has 0 saturated carbocycles. The van der Waals surface area contributed by atoms with Gasteiger partial charge in [-0.2, -0.15) is 0 Å². The molecule has 2 aromatic heterocycles. The number of hydrogen-bond acceptors (Lipinski definition) is 14. The van der Waals surface area contributed by atoms with Gasteiger partial charge in [-0.15, -0.1) is 0 Å². The summed E-state index contributed by atoms with van der Waals surface area (Å²) in [6.07, 6.45) is 4.86. The minimum absolute atomic E-state index is 0. The predicted molar refractivity (Wildman–Crippen MR) is 259 cm³/mol. The molecule has 6 aromatic rings. The number of rotatable bonds is 20. The maximum Gasteiger partial charge on any atom is 2.00 e. The maximum absolute atomic E-state index is 13.3. The van der Waals surface area contributed by atoms with Gasteiger partial charge in [0.1, 0.15) is 48.6 Å². The van der Waals surface area contributed by atoms with Crippen LogP contribution in [0.15, 0.2) is 107 Å². The SMILES string of the molecule is CCOC(Cc1ccc(OCCn2c(C3CCCCN3)nc3ccccc3c2=O)cc1)C(=O)[O-].CCOC(Cc1ccc(OCCn2c(C3CCCCN3)nc3ccccc3c2=O)cc1)C(=O)[O-].[Mg+2]. The number of ether oxygens (including phenoxy) is 4. The molecule has 2 fully saturated rings. The van der Waals surface area contributed by atoms with Crippen LogP contribution < -0.4 is 41.4 Å². The average Bonchev–Trinajstić information content (AvgIpc) is 3.36. The summed E-state index contributed by atoms with van der Waals surface area (Å²) in [6.45, 7) is 7.31. The van der Waals surface area contributed by atoms with Gasteiger partial charge in [0.15, 0.2) is 0 Å². The summed E-state index contributed by atoms with van der Waals surface area (Å²) in [5, 5.41) is 30.6. The van der Waals surface area contributed by atoms with E-state index in [1.165, 1.54) is 0 Å². The number of carboxylic acid groups (broad SMARTS) is 2. The summed E-state index contributed by atoms with van der Waals surface area (Å²) < 4.78 is 25.7. The molecule has 0 spiro atoms. The molecule has 0 radical (unpaired) electrons. The van der Waals surface area contributed by atoms with E-state index in [1.807, 2.05) is 60.7 Å². The number of piperidine rings is 2. The molecule has 16 nitrogen and oxygen atoms in total. The van der Waals surface area contributed by atoms with Crippen molar-refractivity contribution in [3.63, 3.8) is 0 Å². The van der Waals surface area contributed by atoms with E-state index >= 15 is 0 Å². The molecule has 8 rings (SSSR count). The number of carbonyl (C=O) groups excluding carboxylic acids is 2. The minimum atomic E-state index is -1.22. The van der Waals surface area contributed by atoms with Crippen LogP contribution in [-0.2, 0) is 45.0 Å². The van der Waals surface area contributed by atoms with Gasteiger partial charge in [-0.1, -0.05) is 61.4 Å². The van der Waals surface area contributed by atoms with E-state index < -0.39 is 24.1 Å². The van der Waals surface area contributed by atoms with Crippen molar-refractivity contribution in [2.75, 3.05) is 39.5 Å². The second-order valence-electron chi connectivity index (χ2n) is 16.8. The van der Waals surface area contributed by atoms with E-state index in [1.54, 1.807) is 59.4 Å². The third-order valence-electron chi connectivity index (χ3n) is 12.1. The van der Waals surface area contributed by atoms with Gasteiger partial charge in [-0.05, 0) is 112 Å². The number of carboxylic acids is 2. The van der Waals surface area contributed by atoms with Crippen LogP contribution in [0.1, 0.15) is 87.2 Å². The van der Waals surface area contributed by atoms with Crippen molar-refractivity contribution in [1.82, 2.24) is 29.7 Å². The molecule has 4 heterocycles. The normalized spacial score (nSPS) is 16.7. The van der Waals surface area contributed by atoms with Crippen LogP contribution in [-0.4, -0.2) is 106 Å². The van der Waals surface area contributed by atoms with E-state index in [-0.39, 0.29) is 59.1 Å². The Morgan fingerprint density at radius 2 is 1.00 bits per heavy atom. The smallest absolute Gasteiger partial charge is 0.547 e. The van der Waals surface area contributed by atoms with Crippen molar-refractivity contribution < 1.29 is 38.7 Å². The second-order valence-corrected chi connectivity index (χ2v) is 16.8. The standard InChI is InChI=1S/2C26H31N3O5.Mg/c2*1-2-33-23(26(31)32)17-18-10-12-19(13-11-18)34-16-15-29-24(22-9-5-6-14-27-22)28-21-8-4-3-7-20(21)25(29)30;/h2*3-4,7-8,10-13,22-23,27H,2,5-6,9,14-17H2,1H3,(H,31,32);/q;;+2/p-2. The molecular formula is C52H60MgN6O10. The molecule has 0 aliphatic carbocycles. The van der Waals surface area contributed by atoms with Crippen LogP contribution in [0, 0.1) is 0 Å². The molecule has 2 saturated heterocycles. The summed E-state index contributed by atoms with van der Waals surface area (Å²) >= 11 is 0. The van der Waals surface area contributed by atoms with Crippen molar-refractivity contribution in [2.24, 2.45) is 0 Å². The number of nitrogens with one attached hydrogen (secondary N) is 2. The van der Waals surface area contributed by atoms with Gasteiger partial charge in [0, 0.05) is 26.1 Å². The molecule has 4 unspecified atom stereocenters. The number of aromatic nitrogens is 4. The third kappa shape index (κ3) is 14.2. The summed E-state index contributed by atoms with van der Waals surface area (Å²) in [7, 11) is 0. The van der Waals surface area contributed by atoms with Crippen LogP contribution >= 0.6 is 0 Å². The zero-order valence-electron chi connectivity index (χ0n) is 39.4. The zero-order valence-corrected chi connectivity index (χ0v) is 40.9. The van der Waals surface area contributed by atoms with Crippen molar-refractivity contribution in [2.45, 2.75) is 103 Å². The number of fused-ring (bicyclic) bond motifs is 2. The van der Waals surface area contributed by atoms with E-state index in [0.29, 0.717) is 72.8 Å². The van der Waals surface area contributed by atoms with Crippen molar-refractivity contribution in [3.05, 3.63) is 141 Å². The first-order chi connectivity index (χ1) is 33.1. The molecule has 4 aromatic carbocycles. The fourth-order valence-corrected chi connectivity index (χ4v) is 8.68. The largest absolute Gasteiger partial charge is 2.00 e. The van der Waals surface area contributed by atoms with Gasteiger partial charge in [0.2, 0.25) is 0 Å². The zero-order chi connectivity index (χ0) is 47.8. The van der Waals surface area contributed by atoms with E-state index in [2.05, 4.69) is 10.6 Å². The molecule has 2 aliphatic heterocycles. The fraction of sp³-hybridized carbons (Fsp3) is 0.423. The number of carbonyl (C=O) groups is 2. The monoisotopic (exact) mass is 952 g/mol. The number of benzene rings is 4. The topological polar surface area (TPSA) is 211 Å². The van der Waals surface area contributed by atoms with Gasteiger partial charge in [-0.25, -0.2) is 9.97 Å². The summed E-state index contributed by atoms with van der Waals surface area (Å²) in [5.41, 5.74) is 2.94. The van der Waals surface area contributed by atoms with Gasteiger partial charge >= 0.3 is 23.1 Å². The number of hydrogen-bond donors (Lipinski definition) is 2. The molecule has 4 atom stereocenters. The molecule has 360 valence electrons. The molecule has 2 N–H and O–H groups in total. The summed E-state index contributed by atoms with van der Waals surface area (Å²) in [6, 6.07) is 29.4. The van der Waals surface area contributed by atoms with Gasteiger partial charge in [0.25, 0.3) is 11.1 Å². The Kier molecular flexibility index (Phi) is 20.1. The average molecular weight is 953 g/mol. The number of para-hydroxylation sites is 2. The first-order valence-corrected chi connectivity index (χ1v) is 23.7. The van der Waals surface area contributed by atoms with Crippen molar-refractivity contribution in [3.8, 4) is 11.5 Å². The Balaban J connectivity index is 0.000000224. The molecular weight excluding hydrogens is 893 g/mol. The van der Waals surface area contributed by atoms with Crippen LogP contribution in [0.4, 0.5) is 0 Å². The Morgan fingerprint density at radius 1 is 0.609 bits per heavy atom. The fourth-order valence-electron chi connectivity index (χ4n) is 8.68. The molecule has 17 heteroatoms. The maximum atomic E-state index is 13.3. The van der Waals surface area contributed by atoms with Crippen molar-refractivity contribution >= 4 is 56.8 Å². The van der Waals surface area contributed by atoms with Gasteiger partial charge < -0.3 is 49.4 Å². The van der Waals surface area contributed by atoms with Crippen LogP contribution in [0.3, 0.4) is 0 Å². The Hall–Kier alpha value is -5.69. The van der Waals surface area contributed by atoms with Crippen LogP contribution in [0.25, 0.3) is 21.8 Å². The van der Waals surface area contributed by atoms with Crippen molar-refractivity contribution in [1.29, 1.82) is 0 Å². The third-order valence-corrected chi connectivity index (χ3v) is 12.1. The summed E-state index contributed by atoms with van der Waals surface area (Å²) in [5.74, 6) is 0.353. The minimum Gasteiger partial charge on any atom is -0.547 e. The van der Waals surface area contributed by atoms with Crippen LogP contribution in [0.2, 0.25) is 0 Å². The molecule has 69 heavy (non-hydrogen) atoms. The molecule has 0 bridgehead atoms. The quantitative estimate of drug-likeness (QED) is 0.105. The Morgan fingerprint density at radius 3 is 1.35 bits per heavy atom. The van der Waals surface area contributed by atoms with E-state index in [9.17, 15) is 29.4 Å². The Labute approximate surface area is 417 Å².